The molecule has 0 heterocycles. The molecule has 24 heavy (non-hydrogen) atoms. The Labute approximate surface area is 142 Å². The van der Waals surface area contributed by atoms with Crippen LogP contribution >= 0.6 is 0 Å². The van der Waals surface area contributed by atoms with Crippen molar-refractivity contribution in [1.29, 1.82) is 0 Å². The zero-order valence-corrected chi connectivity index (χ0v) is 14.4. The molecule has 1 aliphatic carbocycles. The van der Waals surface area contributed by atoms with Crippen LogP contribution in [0, 0.1) is 5.41 Å². The van der Waals surface area contributed by atoms with Gasteiger partial charge in [0.2, 0.25) is 0 Å². The first-order valence-electron chi connectivity index (χ1n) is 7.79. The van der Waals surface area contributed by atoms with E-state index in [2.05, 4.69) is 0 Å². The van der Waals surface area contributed by atoms with Crippen molar-refractivity contribution in [3.8, 4) is 5.75 Å². The van der Waals surface area contributed by atoms with Crippen molar-refractivity contribution in [2.24, 2.45) is 5.41 Å². The third-order valence-electron chi connectivity index (χ3n) is 3.71. The molecule has 0 aliphatic heterocycles. The van der Waals surface area contributed by atoms with Gasteiger partial charge in [-0.15, -0.1) is 0 Å². The van der Waals surface area contributed by atoms with E-state index in [1.54, 1.807) is 44.2 Å². The Bertz CT molecular complexity index is 710. The fourth-order valence-corrected chi connectivity index (χ4v) is 2.57. The lowest BCUT2D eigenvalue weighted by Crippen LogP contribution is -2.46. The predicted molar refractivity (Wildman–Crippen MR) is 92.4 cm³/mol. The molecule has 1 aromatic carbocycles. The SMILES string of the molecule is CC(=O)OC1=CC=CC(C)(C(=O)C(C)(C)Oc2ccccc2)C=C1. The standard InChI is InChI=1S/C20H22O4/c1-15(21)23-16-11-8-13-20(4,14-12-16)18(22)19(2,3)24-17-9-6-5-7-10-17/h5-14H,1-4H3. The monoisotopic (exact) mass is 326 g/mol. The van der Waals surface area contributed by atoms with Gasteiger partial charge < -0.3 is 9.47 Å². The first-order chi connectivity index (χ1) is 11.2. The second-order valence-corrected chi connectivity index (χ2v) is 6.39. The average molecular weight is 326 g/mol. The van der Waals surface area contributed by atoms with E-state index in [4.69, 9.17) is 9.47 Å². The molecule has 1 unspecified atom stereocenters. The molecule has 1 aromatic rings. The molecule has 0 spiro atoms. The molecule has 0 aromatic heterocycles. The first-order valence-corrected chi connectivity index (χ1v) is 7.79. The molecule has 0 amide bonds. The van der Waals surface area contributed by atoms with Crippen LogP contribution in [0.4, 0.5) is 0 Å². The lowest BCUT2D eigenvalue weighted by atomic mass is 9.78. The predicted octanol–water partition coefficient (Wildman–Crippen LogP) is 3.99. The number of esters is 1. The molecule has 2 rings (SSSR count). The highest BCUT2D eigenvalue weighted by atomic mass is 16.5. The maximum Gasteiger partial charge on any atom is 0.308 e. The van der Waals surface area contributed by atoms with Crippen LogP contribution in [0.25, 0.3) is 0 Å². The lowest BCUT2D eigenvalue weighted by molar-refractivity contribution is -0.137. The molecule has 0 fully saturated rings. The van der Waals surface area contributed by atoms with E-state index in [0.717, 1.165) is 0 Å². The molecule has 1 aliphatic rings. The second-order valence-electron chi connectivity index (χ2n) is 6.39. The summed E-state index contributed by atoms with van der Waals surface area (Å²) in [7, 11) is 0. The van der Waals surface area contributed by atoms with Crippen molar-refractivity contribution >= 4 is 11.8 Å². The number of carbonyl (C=O) groups is 2. The van der Waals surface area contributed by atoms with Gasteiger partial charge in [0.15, 0.2) is 11.4 Å². The third-order valence-corrected chi connectivity index (χ3v) is 3.71. The van der Waals surface area contributed by atoms with Gasteiger partial charge in [0.25, 0.3) is 0 Å². The topological polar surface area (TPSA) is 52.6 Å². The molecule has 0 radical (unpaired) electrons. The van der Waals surface area contributed by atoms with Crippen molar-refractivity contribution in [3.05, 3.63) is 66.5 Å². The number of para-hydroxylation sites is 1. The highest BCUT2D eigenvalue weighted by molar-refractivity contribution is 5.95. The normalized spacial score (nSPS) is 20.1. The minimum Gasteiger partial charge on any atom is -0.480 e. The molecule has 126 valence electrons. The number of hydrogen-bond acceptors (Lipinski definition) is 4. The Morgan fingerprint density at radius 2 is 1.75 bits per heavy atom. The second kappa shape index (κ2) is 6.87. The summed E-state index contributed by atoms with van der Waals surface area (Å²) in [6.07, 6.45) is 8.51. The van der Waals surface area contributed by atoms with Gasteiger partial charge in [-0.1, -0.05) is 36.4 Å². The molecule has 1 atom stereocenters. The van der Waals surface area contributed by atoms with Gasteiger partial charge in [0.05, 0.1) is 5.41 Å². The molecule has 0 bridgehead atoms. The number of Topliss-reactive ketones (excluding diaryl/α,β-unsaturated/α-hetero) is 1. The highest BCUT2D eigenvalue weighted by Crippen LogP contribution is 2.32. The molecule has 4 nitrogen and oxygen atoms in total. The summed E-state index contributed by atoms with van der Waals surface area (Å²) >= 11 is 0. The van der Waals surface area contributed by atoms with Gasteiger partial charge in [-0.3, -0.25) is 9.59 Å². The Hall–Kier alpha value is -2.62. The van der Waals surface area contributed by atoms with Gasteiger partial charge in [-0.25, -0.2) is 0 Å². The van der Waals surface area contributed by atoms with Crippen LogP contribution in [0.5, 0.6) is 5.75 Å². The molecule has 4 heteroatoms. The molecule has 0 saturated carbocycles. The summed E-state index contributed by atoms with van der Waals surface area (Å²) in [6.45, 7) is 6.65. The van der Waals surface area contributed by atoms with E-state index in [1.165, 1.54) is 6.92 Å². The smallest absolute Gasteiger partial charge is 0.308 e. The quantitative estimate of drug-likeness (QED) is 0.768. The first kappa shape index (κ1) is 17.7. The van der Waals surface area contributed by atoms with Crippen LogP contribution in [-0.4, -0.2) is 17.4 Å². The van der Waals surface area contributed by atoms with E-state index in [9.17, 15) is 9.59 Å². The Morgan fingerprint density at radius 1 is 1.08 bits per heavy atom. The molecule has 0 N–H and O–H groups in total. The maximum absolute atomic E-state index is 13.1. The van der Waals surface area contributed by atoms with E-state index in [1.807, 2.05) is 37.3 Å². The van der Waals surface area contributed by atoms with E-state index < -0.39 is 17.0 Å². The number of carbonyl (C=O) groups excluding carboxylic acids is 2. The summed E-state index contributed by atoms with van der Waals surface area (Å²) in [5.41, 5.74) is -1.88. The van der Waals surface area contributed by atoms with Crippen LogP contribution in [0.15, 0.2) is 66.5 Å². The average Bonchev–Trinajstić information content (AvgIpc) is 2.69. The summed E-state index contributed by atoms with van der Waals surface area (Å²) < 4.78 is 11.0. The van der Waals surface area contributed by atoms with Crippen molar-refractivity contribution < 1.29 is 19.1 Å². The Balaban J connectivity index is 2.20. The fourth-order valence-electron chi connectivity index (χ4n) is 2.57. The van der Waals surface area contributed by atoms with Crippen molar-refractivity contribution in [1.82, 2.24) is 0 Å². The van der Waals surface area contributed by atoms with Gasteiger partial charge in [0, 0.05) is 6.92 Å². The summed E-state index contributed by atoms with van der Waals surface area (Å²) in [5, 5.41) is 0. The summed E-state index contributed by atoms with van der Waals surface area (Å²) in [6, 6.07) is 9.24. The largest absolute Gasteiger partial charge is 0.480 e. The van der Waals surface area contributed by atoms with Crippen LogP contribution in [0.1, 0.15) is 27.7 Å². The van der Waals surface area contributed by atoms with Crippen LogP contribution in [0.3, 0.4) is 0 Å². The zero-order chi connectivity index (χ0) is 17.8. The Morgan fingerprint density at radius 3 is 2.38 bits per heavy atom. The number of ether oxygens (including phenoxy) is 2. The summed E-state index contributed by atoms with van der Waals surface area (Å²) in [5.74, 6) is 0.544. The third kappa shape index (κ3) is 4.22. The fraction of sp³-hybridized carbons (Fsp3) is 0.300. The summed E-state index contributed by atoms with van der Waals surface area (Å²) in [4.78, 5) is 24.1. The number of benzene rings is 1. The van der Waals surface area contributed by atoms with E-state index >= 15 is 0 Å². The van der Waals surface area contributed by atoms with Crippen LogP contribution < -0.4 is 4.74 Å². The number of allylic oxidation sites excluding steroid dienone is 5. The minimum atomic E-state index is -1.02. The van der Waals surface area contributed by atoms with Crippen molar-refractivity contribution in [2.75, 3.05) is 0 Å². The minimum absolute atomic E-state index is 0.0937. The highest BCUT2D eigenvalue weighted by Gasteiger charge is 2.41. The molecule has 0 saturated heterocycles. The molecular weight excluding hydrogens is 304 g/mol. The van der Waals surface area contributed by atoms with Gasteiger partial charge >= 0.3 is 5.97 Å². The van der Waals surface area contributed by atoms with Gasteiger partial charge in [0.1, 0.15) is 11.5 Å². The van der Waals surface area contributed by atoms with E-state index in [-0.39, 0.29) is 5.78 Å². The zero-order valence-electron chi connectivity index (χ0n) is 14.4. The molecular formula is C20H22O4. The van der Waals surface area contributed by atoms with Crippen LogP contribution in [-0.2, 0) is 14.3 Å². The number of hydrogen-bond donors (Lipinski definition) is 0. The lowest BCUT2D eigenvalue weighted by Gasteiger charge is -2.32. The van der Waals surface area contributed by atoms with Gasteiger partial charge in [-0.05, 0) is 45.1 Å². The van der Waals surface area contributed by atoms with Crippen molar-refractivity contribution in [2.45, 2.75) is 33.3 Å². The van der Waals surface area contributed by atoms with Crippen LogP contribution in [0.2, 0.25) is 0 Å². The van der Waals surface area contributed by atoms with Gasteiger partial charge in [-0.2, -0.15) is 0 Å². The number of ketones is 1. The van der Waals surface area contributed by atoms with Crippen molar-refractivity contribution in [3.63, 3.8) is 0 Å². The Kier molecular flexibility index (Phi) is 5.07. The number of rotatable bonds is 5. The van der Waals surface area contributed by atoms with E-state index in [0.29, 0.717) is 11.5 Å². The maximum atomic E-state index is 13.1.